The quantitative estimate of drug-likeness (QED) is 0.491. The van der Waals surface area contributed by atoms with Crippen molar-refractivity contribution in [3.05, 3.63) is 0 Å². The van der Waals surface area contributed by atoms with Gasteiger partial charge in [0.25, 0.3) is 0 Å². The van der Waals surface area contributed by atoms with Gasteiger partial charge in [0.1, 0.15) is 6.10 Å². The SMILES string of the molecule is CC(O)C#CC#CCCO. The molecule has 0 aliphatic carbocycles. The molecule has 0 rings (SSSR count). The lowest BCUT2D eigenvalue weighted by atomic mass is 10.4. The molecule has 0 bridgehead atoms. The Morgan fingerprint density at radius 2 is 2.10 bits per heavy atom. The first-order valence-electron chi connectivity index (χ1n) is 3.04. The first kappa shape index (κ1) is 9.04. The molecule has 0 radical (unpaired) electrons. The topological polar surface area (TPSA) is 40.5 Å². The van der Waals surface area contributed by atoms with Crippen LogP contribution < -0.4 is 0 Å². The third kappa shape index (κ3) is 7.04. The lowest BCUT2D eigenvalue weighted by Gasteiger charge is -1.82. The fraction of sp³-hybridized carbons (Fsp3) is 0.500. The predicted molar refractivity (Wildman–Crippen MR) is 38.9 cm³/mol. The molecule has 0 heterocycles. The van der Waals surface area contributed by atoms with Crippen LogP contribution in [0.1, 0.15) is 13.3 Å². The third-order valence-corrected chi connectivity index (χ3v) is 0.669. The molecule has 2 N–H and O–H groups in total. The van der Waals surface area contributed by atoms with Crippen LogP contribution in [-0.2, 0) is 0 Å². The van der Waals surface area contributed by atoms with E-state index in [9.17, 15) is 0 Å². The van der Waals surface area contributed by atoms with Gasteiger partial charge < -0.3 is 10.2 Å². The van der Waals surface area contributed by atoms with Crippen LogP contribution in [0.4, 0.5) is 0 Å². The van der Waals surface area contributed by atoms with Gasteiger partial charge >= 0.3 is 0 Å². The van der Waals surface area contributed by atoms with Crippen LogP contribution in [0.2, 0.25) is 0 Å². The lowest BCUT2D eigenvalue weighted by molar-refractivity contribution is 0.253. The number of aliphatic hydroxyl groups is 2. The fourth-order valence-corrected chi connectivity index (χ4v) is 0.303. The average Bonchev–Trinajstić information content (AvgIpc) is 1.87. The zero-order chi connectivity index (χ0) is 7.82. The summed E-state index contributed by atoms with van der Waals surface area (Å²) in [5.41, 5.74) is 0. The van der Waals surface area contributed by atoms with E-state index in [1.54, 1.807) is 6.92 Å². The monoisotopic (exact) mass is 138 g/mol. The molecular weight excluding hydrogens is 128 g/mol. The predicted octanol–water partition coefficient (Wildman–Crippen LogP) is -0.244. The standard InChI is InChI=1S/C8H10O2/c1-8(10)6-4-2-3-5-7-9/h8-10H,5,7H2,1H3. The summed E-state index contributed by atoms with van der Waals surface area (Å²) in [4.78, 5) is 0. The molecule has 10 heavy (non-hydrogen) atoms. The summed E-state index contributed by atoms with van der Waals surface area (Å²) in [6, 6.07) is 0. The summed E-state index contributed by atoms with van der Waals surface area (Å²) in [6.07, 6.45) is -0.183. The molecule has 0 aromatic rings. The Bertz CT molecular complexity index is 185. The van der Waals surface area contributed by atoms with Crippen LogP contribution in [-0.4, -0.2) is 22.9 Å². The molecule has 0 aliphatic rings. The maximum atomic E-state index is 8.62. The molecular formula is C8H10O2. The van der Waals surface area contributed by atoms with Crippen LogP contribution in [0.15, 0.2) is 0 Å². The summed E-state index contributed by atoms with van der Waals surface area (Å²) in [6.45, 7) is 1.63. The lowest BCUT2D eigenvalue weighted by Crippen LogP contribution is -1.91. The molecule has 0 saturated carbocycles. The van der Waals surface area contributed by atoms with Crippen molar-refractivity contribution in [3.8, 4) is 23.7 Å². The molecule has 54 valence electrons. The minimum atomic E-state index is -0.622. The largest absolute Gasteiger partial charge is 0.395 e. The van der Waals surface area contributed by atoms with E-state index in [2.05, 4.69) is 23.7 Å². The Labute approximate surface area is 60.9 Å². The Morgan fingerprint density at radius 3 is 2.60 bits per heavy atom. The van der Waals surface area contributed by atoms with Gasteiger partial charge in [-0.05, 0) is 18.8 Å². The van der Waals surface area contributed by atoms with Crippen molar-refractivity contribution >= 4 is 0 Å². The van der Waals surface area contributed by atoms with E-state index >= 15 is 0 Å². The highest BCUT2D eigenvalue weighted by atomic mass is 16.3. The molecule has 0 saturated heterocycles. The van der Waals surface area contributed by atoms with Crippen LogP contribution in [0.25, 0.3) is 0 Å². The number of rotatable bonds is 1. The Balaban J connectivity index is 3.56. The van der Waals surface area contributed by atoms with Crippen molar-refractivity contribution in [2.24, 2.45) is 0 Å². The molecule has 0 spiro atoms. The second-order valence-corrected chi connectivity index (χ2v) is 1.72. The summed E-state index contributed by atoms with van der Waals surface area (Å²) in [7, 11) is 0. The van der Waals surface area contributed by atoms with Crippen molar-refractivity contribution in [1.29, 1.82) is 0 Å². The van der Waals surface area contributed by atoms with Crippen molar-refractivity contribution in [2.45, 2.75) is 19.4 Å². The second kappa shape index (κ2) is 6.16. The number of hydrogen-bond acceptors (Lipinski definition) is 2. The van der Waals surface area contributed by atoms with Crippen molar-refractivity contribution in [3.63, 3.8) is 0 Å². The number of aliphatic hydroxyl groups excluding tert-OH is 2. The molecule has 2 heteroatoms. The van der Waals surface area contributed by atoms with E-state index in [4.69, 9.17) is 10.2 Å². The summed E-state index contributed by atoms with van der Waals surface area (Å²) >= 11 is 0. The highest BCUT2D eigenvalue weighted by Crippen LogP contribution is 1.72. The van der Waals surface area contributed by atoms with Crippen molar-refractivity contribution < 1.29 is 10.2 Å². The molecule has 2 nitrogen and oxygen atoms in total. The van der Waals surface area contributed by atoms with E-state index < -0.39 is 6.10 Å². The maximum absolute atomic E-state index is 8.62. The van der Waals surface area contributed by atoms with Gasteiger partial charge in [0, 0.05) is 6.42 Å². The first-order valence-corrected chi connectivity index (χ1v) is 3.04. The van der Waals surface area contributed by atoms with E-state index in [1.165, 1.54) is 0 Å². The van der Waals surface area contributed by atoms with Gasteiger partial charge in [-0.15, -0.1) is 0 Å². The van der Waals surface area contributed by atoms with Crippen LogP contribution in [0.3, 0.4) is 0 Å². The average molecular weight is 138 g/mol. The van der Waals surface area contributed by atoms with Crippen molar-refractivity contribution in [2.75, 3.05) is 6.61 Å². The number of hydrogen-bond donors (Lipinski definition) is 2. The van der Waals surface area contributed by atoms with Gasteiger partial charge in [-0.25, -0.2) is 0 Å². The van der Waals surface area contributed by atoms with Gasteiger partial charge in [0.2, 0.25) is 0 Å². The zero-order valence-corrected chi connectivity index (χ0v) is 5.89. The normalized spacial score (nSPS) is 10.3. The summed E-state index contributed by atoms with van der Waals surface area (Å²) in [5, 5.41) is 16.9. The molecule has 0 aromatic heterocycles. The summed E-state index contributed by atoms with van der Waals surface area (Å²) in [5.74, 6) is 9.99. The highest BCUT2D eigenvalue weighted by Gasteiger charge is 1.79. The van der Waals surface area contributed by atoms with Crippen LogP contribution >= 0.6 is 0 Å². The maximum Gasteiger partial charge on any atom is 0.112 e. The Morgan fingerprint density at radius 1 is 1.40 bits per heavy atom. The van der Waals surface area contributed by atoms with Gasteiger partial charge in [-0.1, -0.05) is 11.8 Å². The molecule has 0 aliphatic heterocycles. The van der Waals surface area contributed by atoms with Gasteiger partial charge in [0.15, 0.2) is 0 Å². The Kier molecular flexibility index (Phi) is 5.57. The molecule has 0 amide bonds. The van der Waals surface area contributed by atoms with Crippen LogP contribution in [0.5, 0.6) is 0 Å². The zero-order valence-electron chi connectivity index (χ0n) is 5.89. The highest BCUT2D eigenvalue weighted by molar-refractivity contribution is 5.26. The Hall–Kier alpha value is -0.960. The van der Waals surface area contributed by atoms with E-state index in [0.717, 1.165) is 0 Å². The van der Waals surface area contributed by atoms with E-state index in [-0.39, 0.29) is 6.61 Å². The fourth-order valence-electron chi connectivity index (χ4n) is 0.303. The van der Waals surface area contributed by atoms with E-state index in [0.29, 0.717) is 6.42 Å². The van der Waals surface area contributed by atoms with Gasteiger partial charge in [-0.3, -0.25) is 0 Å². The minimum Gasteiger partial charge on any atom is -0.395 e. The molecule has 0 fully saturated rings. The molecule has 1 atom stereocenters. The molecule has 1 unspecified atom stereocenters. The smallest absolute Gasteiger partial charge is 0.112 e. The summed E-state index contributed by atoms with van der Waals surface area (Å²) < 4.78 is 0. The minimum absolute atomic E-state index is 0.0589. The van der Waals surface area contributed by atoms with Gasteiger partial charge in [-0.2, -0.15) is 0 Å². The van der Waals surface area contributed by atoms with Crippen molar-refractivity contribution in [1.82, 2.24) is 0 Å². The molecule has 0 aromatic carbocycles. The van der Waals surface area contributed by atoms with Crippen LogP contribution in [0, 0.1) is 23.7 Å². The first-order chi connectivity index (χ1) is 4.77. The second-order valence-electron chi connectivity index (χ2n) is 1.72. The van der Waals surface area contributed by atoms with Gasteiger partial charge in [0.05, 0.1) is 6.61 Å². The third-order valence-electron chi connectivity index (χ3n) is 0.669. The van der Waals surface area contributed by atoms with E-state index in [1.807, 2.05) is 0 Å².